The number of aromatic nitrogens is 1. The second-order valence-corrected chi connectivity index (χ2v) is 6.00. The molecule has 0 bridgehead atoms. The average molecular weight is 302 g/mol. The molecule has 1 amide bonds. The molecule has 2 rings (SSSR count). The molecule has 110 valence electrons. The van der Waals surface area contributed by atoms with Crippen molar-refractivity contribution in [2.24, 2.45) is 0 Å². The minimum Gasteiger partial charge on any atom is -0.387 e. The number of hydrogen-bond acceptors (Lipinski definition) is 4. The number of aliphatic hydroxyl groups is 1. The van der Waals surface area contributed by atoms with Crippen molar-refractivity contribution in [3.05, 3.63) is 57.6 Å². The highest BCUT2D eigenvalue weighted by atomic mass is 32.1. The Labute approximate surface area is 128 Å². The fraction of sp³-hybridized carbons (Fsp3) is 0.250. The van der Waals surface area contributed by atoms with Crippen molar-refractivity contribution in [3.63, 3.8) is 0 Å². The summed E-state index contributed by atoms with van der Waals surface area (Å²) in [4.78, 5) is 16.8. The normalized spacial score (nSPS) is 12.5. The fourth-order valence-electron chi connectivity index (χ4n) is 1.94. The first kappa shape index (κ1) is 15.4. The fourth-order valence-corrected chi connectivity index (χ4v) is 2.63. The smallest absolute Gasteiger partial charge is 0.244 e. The molecule has 0 aliphatic heterocycles. The van der Waals surface area contributed by atoms with Crippen LogP contribution in [-0.4, -0.2) is 22.5 Å². The van der Waals surface area contributed by atoms with E-state index in [9.17, 15) is 9.90 Å². The second kappa shape index (κ2) is 7.15. The van der Waals surface area contributed by atoms with E-state index in [-0.39, 0.29) is 12.5 Å². The van der Waals surface area contributed by atoms with E-state index in [1.807, 2.05) is 38.1 Å². The van der Waals surface area contributed by atoms with Crippen LogP contribution in [0.25, 0.3) is 6.08 Å². The van der Waals surface area contributed by atoms with Gasteiger partial charge in [0.15, 0.2) is 0 Å². The predicted octanol–water partition coefficient (Wildman–Crippen LogP) is 2.62. The number of aryl methyl sites for hydroxylation is 2. The van der Waals surface area contributed by atoms with Crippen molar-refractivity contribution < 1.29 is 9.90 Å². The van der Waals surface area contributed by atoms with Gasteiger partial charge in [-0.1, -0.05) is 24.3 Å². The topological polar surface area (TPSA) is 62.2 Å². The van der Waals surface area contributed by atoms with Gasteiger partial charge in [-0.05, 0) is 31.1 Å². The number of hydrogen-bond donors (Lipinski definition) is 2. The van der Waals surface area contributed by atoms with Crippen LogP contribution in [0.4, 0.5) is 0 Å². The van der Waals surface area contributed by atoms with Crippen molar-refractivity contribution in [1.82, 2.24) is 10.3 Å². The first-order valence-electron chi connectivity index (χ1n) is 6.68. The molecule has 2 N–H and O–H groups in total. The summed E-state index contributed by atoms with van der Waals surface area (Å²) < 4.78 is 0. The SMILES string of the molecule is Cc1ncc(/C=C/C(=O)NCC(O)c2ccccc2C)s1. The summed E-state index contributed by atoms with van der Waals surface area (Å²) in [6, 6.07) is 7.60. The average Bonchev–Trinajstić information content (AvgIpc) is 2.89. The molecule has 5 heteroatoms. The van der Waals surface area contributed by atoms with Crippen LogP contribution in [0.3, 0.4) is 0 Å². The van der Waals surface area contributed by atoms with Gasteiger partial charge in [-0.2, -0.15) is 0 Å². The van der Waals surface area contributed by atoms with Crippen LogP contribution in [0.15, 0.2) is 36.5 Å². The number of carbonyl (C=O) groups is 1. The maximum absolute atomic E-state index is 11.7. The van der Waals surface area contributed by atoms with Gasteiger partial charge in [0.25, 0.3) is 0 Å². The maximum Gasteiger partial charge on any atom is 0.244 e. The number of carbonyl (C=O) groups excluding carboxylic acids is 1. The predicted molar refractivity (Wildman–Crippen MR) is 85.0 cm³/mol. The first-order valence-corrected chi connectivity index (χ1v) is 7.50. The molecule has 0 aliphatic carbocycles. The van der Waals surface area contributed by atoms with Crippen molar-refractivity contribution in [2.75, 3.05) is 6.54 Å². The highest BCUT2D eigenvalue weighted by Gasteiger charge is 2.10. The second-order valence-electron chi connectivity index (χ2n) is 4.73. The highest BCUT2D eigenvalue weighted by molar-refractivity contribution is 7.12. The number of thiazole rings is 1. The Morgan fingerprint density at radius 2 is 2.19 bits per heavy atom. The maximum atomic E-state index is 11.7. The number of nitrogens with zero attached hydrogens (tertiary/aromatic N) is 1. The van der Waals surface area contributed by atoms with Gasteiger partial charge in [-0.25, -0.2) is 4.98 Å². The third kappa shape index (κ3) is 4.51. The van der Waals surface area contributed by atoms with Crippen molar-refractivity contribution in [1.29, 1.82) is 0 Å². The number of aliphatic hydroxyl groups excluding tert-OH is 1. The summed E-state index contributed by atoms with van der Waals surface area (Å²) in [7, 11) is 0. The van der Waals surface area contributed by atoms with Gasteiger partial charge in [0.1, 0.15) is 0 Å². The number of rotatable bonds is 5. The molecule has 1 heterocycles. The third-order valence-corrected chi connectivity index (χ3v) is 3.93. The monoisotopic (exact) mass is 302 g/mol. The molecule has 1 aromatic heterocycles. The summed E-state index contributed by atoms with van der Waals surface area (Å²) in [6.07, 6.45) is 4.21. The van der Waals surface area contributed by atoms with E-state index < -0.39 is 6.10 Å². The van der Waals surface area contributed by atoms with E-state index in [1.165, 1.54) is 17.4 Å². The molecule has 0 radical (unpaired) electrons. The number of amides is 1. The van der Waals surface area contributed by atoms with Gasteiger partial charge in [0, 0.05) is 23.7 Å². The lowest BCUT2D eigenvalue weighted by molar-refractivity contribution is -0.116. The van der Waals surface area contributed by atoms with Gasteiger partial charge in [-0.15, -0.1) is 11.3 Å². The summed E-state index contributed by atoms with van der Waals surface area (Å²) in [5.74, 6) is -0.228. The Hall–Kier alpha value is -1.98. The van der Waals surface area contributed by atoms with E-state index in [0.717, 1.165) is 21.0 Å². The van der Waals surface area contributed by atoms with Crippen LogP contribution in [0.2, 0.25) is 0 Å². The summed E-state index contributed by atoms with van der Waals surface area (Å²) in [5.41, 5.74) is 1.84. The van der Waals surface area contributed by atoms with Gasteiger partial charge in [0.05, 0.1) is 11.1 Å². The molecular formula is C16H18N2O2S. The molecule has 21 heavy (non-hydrogen) atoms. The largest absolute Gasteiger partial charge is 0.387 e. The summed E-state index contributed by atoms with van der Waals surface area (Å²) >= 11 is 1.53. The Bertz CT molecular complexity index is 649. The Morgan fingerprint density at radius 1 is 1.43 bits per heavy atom. The van der Waals surface area contributed by atoms with Crippen molar-refractivity contribution in [2.45, 2.75) is 20.0 Å². The van der Waals surface area contributed by atoms with Crippen molar-refractivity contribution in [3.8, 4) is 0 Å². The Kier molecular flexibility index (Phi) is 5.25. The van der Waals surface area contributed by atoms with Crippen molar-refractivity contribution >= 4 is 23.3 Å². The van der Waals surface area contributed by atoms with Crippen LogP contribution in [0.5, 0.6) is 0 Å². The minimum absolute atomic E-state index is 0.190. The zero-order valence-corrected chi connectivity index (χ0v) is 12.9. The van der Waals surface area contributed by atoms with E-state index in [4.69, 9.17) is 0 Å². The van der Waals surface area contributed by atoms with E-state index >= 15 is 0 Å². The van der Waals surface area contributed by atoms with Gasteiger partial charge in [-0.3, -0.25) is 4.79 Å². The molecule has 4 nitrogen and oxygen atoms in total. The standard InChI is InChI=1S/C16H18N2O2S/c1-11-5-3-4-6-14(11)15(19)10-18-16(20)8-7-13-9-17-12(2)21-13/h3-9,15,19H,10H2,1-2H3,(H,18,20)/b8-7+. The molecule has 1 atom stereocenters. The molecule has 1 unspecified atom stereocenters. The first-order chi connectivity index (χ1) is 10.1. The third-order valence-electron chi connectivity index (χ3n) is 3.06. The van der Waals surface area contributed by atoms with Crippen LogP contribution < -0.4 is 5.32 Å². The molecule has 0 fully saturated rings. The highest BCUT2D eigenvalue weighted by Crippen LogP contribution is 2.16. The quantitative estimate of drug-likeness (QED) is 0.835. The van der Waals surface area contributed by atoms with Crippen LogP contribution in [0.1, 0.15) is 27.1 Å². The molecule has 1 aromatic carbocycles. The molecule has 0 spiro atoms. The lowest BCUT2D eigenvalue weighted by Crippen LogP contribution is -2.26. The van der Waals surface area contributed by atoms with Crippen LogP contribution in [0, 0.1) is 13.8 Å². The molecular weight excluding hydrogens is 284 g/mol. The lowest BCUT2D eigenvalue weighted by atomic mass is 10.0. The van der Waals surface area contributed by atoms with E-state index in [0.29, 0.717) is 0 Å². The Morgan fingerprint density at radius 3 is 2.86 bits per heavy atom. The summed E-state index contributed by atoms with van der Waals surface area (Å²) in [6.45, 7) is 4.04. The number of benzene rings is 1. The molecule has 0 aliphatic rings. The van der Waals surface area contributed by atoms with Gasteiger partial charge in [0.2, 0.25) is 5.91 Å². The van der Waals surface area contributed by atoms with E-state index in [1.54, 1.807) is 12.3 Å². The zero-order valence-electron chi connectivity index (χ0n) is 12.0. The summed E-state index contributed by atoms with van der Waals surface area (Å²) in [5, 5.41) is 13.7. The lowest BCUT2D eigenvalue weighted by Gasteiger charge is -2.13. The van der Waals surface area contributed by atoms with E-state index in [2.05, 4.69) is 10.3 Å². The molecule has 0 saturated carbocycles. The van der Waals surface area contributed by atoms with Crippen LogP contribution >= 0.6 is 11.3 Å². The van der Waals surface area contributed by atoms with Crippen LogP contribution in [-0.2, 0) is 4.79 Å². The zero-order chi connectivity index (χ0) is 15.2. The van der Waals surface area contributed by atoms with Gasteiger partial charge >= 0.3 is 0 Å². The van der Waals surface area contributed by atoms with Gasteiger partial charge < -0.3 is 10.4 Å². The number of nitrogens with one attached hydrogen (secondary N) is 1. The molecule has 0 saturated heterocycles. The molecule has 2 aromatic rings. The minimum atomic E-state index is -0.700. The Balaban J connectivity index is 1.86.